The SMILES string of the molecule is NC(=S)NN=Cc1ccc(OC(=O)COc2ccccc2)cn1. The molecule has 0 aliphatic rings. The van der Waals surface area contributed by atoms with Crippen LogP contribution < -0.4 is 20.6 Å². The van der Waals surface area contributed by atoms with Crippen molar-refractivity contribution in [2.45, 2.75) is 0 Å². The van der Waals surface area contributed by atoms with Gasteiger partial charge in [0.25, 0.3) is 0 Å². The lowest BCUT2D eigenvalue weighted by Crippen LogP contribution is -2.24. The van der Waals surface area contributed by atoms with E-state index < -0.39 is 5.97 Å². The second-order valence-corrected chi connectivity index (χ2v) is 4.67. The summed E-state index contributed by atoms with van der Waals surface area (Å²) in [7, 11) is 0. The molecule has 0 aliphatic carbocycles. The molecule has 8 heteroatoms. The largest absolute Gasteiger partial charge is 0.482 e. The number of hydrazone groups is 1. The number of hydrogen-bond donors (Lipinski definition) is 2. The van der Waals surface area contributed by atoms with Crippen molar-refractivity contribution in [1.29, 1.82) is 0 Å². The van der Waals surface area contributed by atoms with Crippen molar-refractivity contribution < 1.29 is 14.3 Å². The fourth-order valence-corrected chi connectivity index (χ4v) is 1.56. The van der Waals surface area contributed by atoms with Gasteiger partial charge < -0.3 is 15.2 Å². The molecule has 1 aromatic heterocycles. The van der Waals surface area contributed by atoms with Crippen molar-refractivity contribution in [2.75, 3.05) is 6.61 Å². The van der Waals surface area contributed by atoms with Gasteiger partial charge in [0.1, 0.15) is 11.5 Å². The number of pyridine rings is 1. The Morgan fingerprint density at radius 2 is 2.04 bits per heavy atom. The molecule has 0 bridgehead atoms. The number of rotatable bonds is 6. The van der Waals surface area contributed by atoms with E-state index in [0.717, 1.165) is 0 Å². The summed E-state index contributed by atoms with van der Waals surface area (Å²) in [5, 5.41) is 3.82. The average Bonchev–Trinajstić information content (AvgIpc) is 2.55. The minimum absolute atomic E-state index is 0.0604. The molecule has 118 valence electrons. The van der Waals surface area contributed by atoms with Gasteiger partial charge in [0.05, 0.1) is 18.1 Å². The van der Waals surface area contributed by atoms with E-state index >= 15 is 0 Å². The summed E-state index contributed by atoms with van der Waals surface area (Å²) in [6.45, 7) is -0.189. The van der Waals surface area contributed by atoms with Crippen molar-refractivity contribution in [3.63, 3.8) is 0 Å². The van der Waals surface area contributed by atoms with Gasteiger partial charge in [-0.3, -0.25) is 10.4 Å². The number of carbonyl (C=O) groups excluding carboxylic acids is 1. The van der Waals surface area contributed by atoms with Crippen LogP contribution in [-0.2, 0) is 4.79 Å². The molecular formula is C15H14N4O3S. The van der Waals surface area contributed by atoms with Crippen molar-refractivity contribution >= 4 is 29.5 Å². The number of para-hydroxylation sites is 1. The first-order chi connectivity index (χ1) is 11.1. The molecule has 0 atom stereocenters. The first-order valence-corrected chi connectivity index (χ1v) is 6.97. The van der Waals surface area contributed by atoms with Gasteiger partial charge in [0, 0.05) is 0 Å². The number of carbonyl (C=O) groups is 1. The van der Waals surface area contributed by atoms with Gasteiger partial charge >= 0.3 is 5.97 Å². The molecule has 0 saturated carbocycles. The molecule has 0 fully saturated rings. The maximum Gasteiger partial charge on any atom is 0.349 e. The van der Waals surface area contributed by atoms with Crippen molar-refractivity contribution in [2.24, 2.45) is 10.8 Å². The number of benzene rings is 1. The quantitative estimate of drug-likeness (QED) is 0.356. The summed E-state index contributed by atoms with van der Waals surface area (Å²) in [6.07, 6.45) is 2.84. The van der Waals surface area contributed by atoms with Gasteiger partial charge in [0.15, 0.2) is 11.7 Å². The van der Waals surface area contributed by atoms with Gasteiger partial charge in [-0.25, -0.2) is 4.79 Å². The molecule has 0 unspecified atom stereocenters. The Kier molecular flexibility index (Phi) is 6.01. The molecule has 1 heterocycles. The fourth-order valence-electron chi connectivity index (χ4n) is 1.51. The molecule has 1 aromatic carbocycles. The second kappa shape index (κ2) is 8.44. The van der Waals surface area contributed by atoms with Crippen LogP contribution in [-0.4, -0.2) is 28.9 Å². The number of thiocarbonyl (C=S) groups is 1. The zero-order chi connectivity index (χ0) is 16.5. The van der Waals surface area contributed by atoms with Gasteiger partial charge in [-0.15, -0.1) is 0 Å². The van der Waals surface area contributed by atoms with Crippen molar-refractivity contribution in [3.05, 3.63) is 54.4 Å². The molecule has 0 spiro atoms. The normalized spacial score (nSPS) is 10.3. The number of nitrogens with zero attached hydrogens (tertiary/aromatic N) is 2. The smallest absolute Gasteiger partial charge is 0.349 e. The Labute approximate surface area is 138 Å². The highest BCUT2D eigenvalue weighted by molar-refractivity contribution is 7.80. The fraction of sp³-hybridized carbons (Fsp3) is 0.0667. The zero-order valence-electron chi connectivity index (χ0n) is 12.0. The highest BCUT2D eigenvalue weighted by Crippen LogP contribution is 2.10. The molecule has 3 N–H and O–H groups in total. The Bertz CT molecular complexity index is 690. The van der Waals surface area contributed by atoms with Crippen LogP contribution in [0.2, 0.25) is 0 Å². The van der Waals surface area contributed by atoms with Gasteiger partial charge in [-0.2, -0.15) is 5.10 Å². The lowest BCUT2D eigenvalue weighted by atomic mass is 10.3. The predicted octanol–water partition coefficient (Wildman–Crippen LogP) is 1.23. The maximum absolute atomic E-state index is 11.7. The molecule has 7 nitrogen and oxygen atoms in total. The summed E-state index contributed by atoms with van der Waals surface area (Å²) in [5.74, 6) is 0.387. The third-order valence-corrected chi connectivity index (χ3v) is 2.55. The third kappa shape index (κ3) is 6.10. The number of nitrogens with two attached hydrogens (primary N) is 1. The molecule has 23 heavy (non-hydrogen) atoms. The second-order valence-electron chi connectivity index (χ2n) is 4.23. The molecule has 0 radical (unpaired) electrons. The number of aromatic nitrogens is 1. The Morgan fingerprint density at radius 1 is 1.26 bits per heavy atom. The van der Waals surface area contributed by atoms with Crippen LogP contribution in [0.15, 0.2) is 53.8 Å². The zero-order valence-corrected chi connectivity index (χ0v) is 12.8. The van der Waals surface area contributed by atoms with Crippen molar-refractivity contribution in [1.82, 2.24) is 10.4 Å². The monoisotopic (exact) mass is 330 g/mol. The molecule has 2 aromatic rings. The maximum atomic E-state index is 11.7. The van der Waals surface area contributed by atoms with Gasteiger partial charge in [-0.1, -0.05) is 18.2 Å². The highest BCUT2D eigenvalue weighted by Gasteiger charge is 2.06. The van der Waals surface area contributed by atoms with Crippen LogP contribution in [0.3, 0.4) is 0 Å². The number of esters is 1. The van der Waals surface area contributed by atoms with E-state index in [4.69, 9.17) is 15.2 Å². The van der Waals surface area contributed by atoms with E-state index in [2.05, 4.69) is 27.7 Å². The number of ether oxygens (including phenoxy) is 2. The predicted molar refractivity (Wildman–Crippen MR) is 89.3 cm³/mol. The minimum atomic E-state index is -0.521. The molecule has 0 aliphatic heterocycles. The molecule has 0 amide bonds. The highest BCUT2D eigenvalue weighted by atomic mass is 32.1. The minimum Gasteiger partial charge on any atom is -0.482 e. The Hall–Kier alpha value is -3.00. The summed E-state index contributed by atoms with van der Waals surface area (Å²) in [5.41, 5.74) is 8.18. The summed E-state index contributed by atoms with van der Waals surface area (Å²) in [6, 6.07) is 12.2. The number of hydrogen-bond acceptors (Lipinski definition) is 6. The average molecular weight is 330 g/mol. The first-order valence-electron chi connectivity index (χ1n) is 6.56. The topological polar surface area (TPSA) is 98.8 Å². The van der Waals surface area contributed by atoms with E-state index in [1.165, 1.54) is 12.4 Å². The van der Waals surface area contributed by atoms with Crippen LogP contribution in [0.5, 0.6) is 11.5 Å². The number of nitrogens with one attached hydrogen (secondary N) is 1. The van der Waals surface area contributed by atoms with Gasteiger partial charge in [0.2, 0.25) is 0 Å². The van der Waals surface area contributed by atoms with Crippen LogP contribution in [0, 0.1) is 0 Å². The Morgan fingerprint density at radius 3 is 2.70 bits per heavy atom. The van der Waals surface area contributed by atoms with E-state index in [-0.39, 0.29) is 11.7 Å². The van der Waals surface area contributed by atoms with Crippen molar-refractivity contribution in [3.8, 4) is 11.5 Å². The third-order valence-electron chi connectivity index (χ3n) is 2.46. The first kappa shape index (κ1) is 16.4. The van der Waals surface area contributed by atoms with Crippen LogP contribution >= 0.6 is 12.2 Å². The van der Waals surface area contributed by atoms with E-state index in [1.807, 2.05) is 18.2 Å². The standard InChI is InChI=1S/C15H14N4O3S/c16-15(23)19-18-8-11-6-7-13(9-17-11)22-14(20)10-21-12-4-2-1-3-5-12/h1-9H,10H2,(H3,16,19,23). The molecule has 0 saturated heterocycles. The summed E-state index contributed by atoms with van der Waals surface area (Å²) < 4.78 is 10.4. The van der Waals surface area contributed by atoms with Crippen LogP contribution in [0.25, 0.3) is 0 Å². The van der Waals surface area contributed by atoms with E-state index in [1.54, 1.807) is 24.3 Å². The van der Waals surface area contributed by atoms with Crippen LogP contribution in [0.1, 0.15) is 5.69 Å². The van der Waals surface area contributed by atoms with Gasteiger partial charge in [-0.05, 0) is 36.5 Å². The summed E-state index contributed by atoms with van der Waals surface area (Å²) in [4.78, 5) is 15.7. The molecule has 2 rings (SSSR count). The molecular weight excluding hydrogens is 316 g/mol. The lowest BCUT2D eigenvalue weighted by molar-refractivity contribution is -0.136. The Balaban J connectivity index is 1.82. The lowest BCUT2D eigenvalue weighted by Gasteiger charge is -2.06. The van der Waals surface area contributed by atoms with E-state index in [9.17, 15) is 4.79 Å². The van der Waals surface area contributed by atoms with E-state index in [0.29, 0.717) is 17.2 Å². The van der Waals surface area contributed by atoms with Crippen LogP contribution in [0.4, 0.5) is 0 Å². The summed E-state index contributed by atoms with van der Waals surface area (Å²) >= 11 is 4.60.